The van der Waals surface area contributed by atoms with Crippen LogP contribution in [0.1, 0.15) is 43.5 Å². The monoisotopic (exact) mass is 288 g/mol. The molecule has 0 aliphatic rings. The largest absolute Gasteiger partial charge is 0.339 e. The third-order valence-corrected chi connectivity index (χ3v) is 3.73. The predicted octanol–water partition coefficient (Wildman–Crippen LogP) is 3.06. The highest BCUT2D eigenvalue weighted by Gasteiger charge is 2.12. The molecule has 0 radical (unpaired) electrons. The highest BCUT2D eigenvalue weighted by molar-refractivity contribution is 5.55. The molecule has 21 heavy (non-hydrogen) atoms. The molecule has 5 nitrogen and oxygen atoms in total. The summed E-state index contributed by atoms with van der Waals surface area (Å²) in [6, 6.07) is 3.95. The van der Waals surface area contributed by atoms with E-state index in [0.29, 0.717) is 17.6 Å². The number of hydrogen-bond acceptors (Lipinski definition) is 5. The molecule has 0 spiro atoms. The van der Waals surface area contributed by atoms with Crippen molar-refractivity contribution in [3.63, 3.8) is 0 Å². The van der Waals surface area contributed by atoms with E-state index in [9.17, 15) is 0 Å². The Bertz CT molecular complexity index is 559. The first-order valence-corrected chi connectivity index (χ1v) is 7.60. The molecule has 0 saturated heterocycles. The third-order valence-electron chi connectivity index (χ3n) is 3.73. The molecular weight excluding hydrogens is 264 g/mol. The van der Waals surface area contributed by atoms with Crippen LogP contribution < -0.4 is 5.73 Å². The van der Waals surface area contributed by atoms with Crippen LogP contribution in [0, 0.1) is 19.8 Å². The topological polar surface area (TPSA) is 77.8 Å². The molecule has 5 heteroatoms. The molecule has 0 bridgehead atoms. The molecule has 0 aromatic carbocycles. The maximum absolute atomic E-state index is 5.63. The summed E-state index contributed by atoms with van der Waals surface area (Å²) in [6.07, 6.45) is 4.06. The van der Waals surface area contributed by atoms with Gasteiger partial charge >= 0.3 is 0 Å². The summed E-state index contributed by atoms with van der Waals surface area (Å²) in [4.78, 5) is 8.85. The van der Waals surface area contributed by atoms with Crippen molar-refractivity contribution in [2.45, 2.75) is 46.5 Å². The lowest BCUT2D eigenvalue weighted by atomic mass is 9.97. The van der Waals surface area contributed by atoms with Crippen LogP contribution in [-0.2, 0) is 6.42 Å². The highest BCUT2D eigenvalue weighted by atomic mass is 16.5. The molecule has 0 aliphatic carbocycles. The van der Waals surface area contributed by atoms with E-state index in [1.807, 2.05) is 26.0 Å². The van der Waals surface area contributed by atoms with E-state index in [4.69, 9.17) is 10.3 Å². The van der Waals surface area contributed by atoms with Crippen LogP contribution in [0.2, 0.25) is 0 Å². The Balaban J connectivity index is 2.04. The van der Waals surface area contributed by atoms with Crippen molar-refractivity contribution in [2.75, 3.05) is 6.54 Å². The number of pyridine rings is 1. The Labute approximate surface area is 126 Å². The maximum Gasteiger partial charge on any atom is 0.226 e. The Morgan fingerprint density at radius 2 is 1.86 bits per heavy atom. The summed E-state index contributed by atoms with van der Waals surface area (Å²) in [5.41, 5.74) is 8.51. The summed E-state index contributed by atoms with van der Waals surface area (Å²) in [7, 11) is 0. The molecule has 0 amide bonds. The van der Waals surface area contributed by atoms with Crippen LogP contribution in [0.3, 0.4) is 0 Å². The molecule has 2 N–H and O–H groups in total. The van der Waals surface area contributed by atoms with Crippen LogP contribution in [0.25, 0.3) is 11.4 Å². The van der Waals surface area contributed by atoms with Crippen LogP contribution in [-0.4, -0.2) is 21.7 Å². The first kappa shape index (κ1) is 15.6. The summed E-state index contributed by atoms with van der Waals surface area (Å²) in [5.74, 6) is 1.98. The van der Waals surface area contributed by atoms with Crippen molar-refractivity contribution < 1.29 is 4.52 Å². The van der Waals surface area contributed by atoms with E-state index in [1.165, 1.54) is 0 Å². The van der Waals surface area contributed by atoms with Gasteiger partial charge in [-0.3, -0.25) is 4.98 Å². The van der Waals surface area contributed by atoms with E-state index in [1.54, 1.807) is 0 Å². The third kappa shape index (κ3) is 4.36. The van der Waals surface area contributed by atoms with Gasteiger partial charge in [-0.2, -0.15) is 4.98 Å². The fourth-order valence-corrected chi connectivity index (χ4v) is 2.55. The molecule has 0 fully saturated rings. The number of hydrogen-bond donors (Lipinski definition) is 1. The van der Waals surface area contributed by atoms with E-state index in [2.05, 4.69) is 22.0 Å². The summed E-state index contributed by atoms with van der Waals surface area (Å²) in [5, 5.41) is 4.08. The van der Waals surface area contributed by atoms with E-state index >= 15 is 0 Å². The van der Waals surface area contributed by atoms with Gasteiger partial charge < -0.3 is 10.3 Å². The van der Waals surface area contributed by atoms with Gasteiger partial charge in [0.15, 0.2) is 0 Å². The minimum absolute atomic E-state index is 0.635. The van der Waals surface area contributed by atoms with Crippen molar-refractivity contribution >= 4 is 0 Å². The SMILES string of the molecule is CCC(CCN)CCc1nc(-c2cc(C)nc(C)c2)no1. The molecule has 0 aliphatic heterocycles. The highest BCUT2D eigenvalue weighted by Crippen LogP contribution is 2.20. The van der Waals surface area contributed by atoms with Gasteiger partial charge in [0.2, 0.25) is 11.7 Å². The average molecular weight is 288 g/mol. The van der Waals surface area contributed by atoms with Crippen molar-refractivity contribution in [3.05, 3.63) is 29.4 Å². The molecule has 114 valence electrons. The lowest BCUT2D eigenvalue weighted by molar-refractivity contribution is 0.354. The van der Waals surface area contributed by atoms with Crippen LogP contribution >= 0.6 is 0 Å². The number of aryl methyl sites for hydroxylation is 3. The zero-order valence-corrected chi connectivity index (χ0v) is 13.1. The van der Waals surface area contributed by atoms with Crippen molar-refractivity contribution in [1.82, 2.24) is 15.1 Å². The van der Waals surface area contributed by atoms with Gasteiger partial charge in [0.1, 0.15) is 0 Å². The standard InChI is InChI=1S/C16H24N4O/c1-4-13(7-8-17)5-6-15-19-16(20-21-15)14-9-11(2)18-12(3)10-14/h9-10,13H,4-8,17H2,1-3H3. The van der Waals surface area contributed by atoms with E-state index in [-0.39, 0.29) is 0 Å². The second kappa shape index (κ2) is 7.31. The molecule has 0 saturated carbocycles. The molecule has 2 heterocycles. The number of nitrogens with two attached hydrogens (primary N) is 1. The Morgan fingerprint density at radius 1 is 1.14 bits per heavy atom. The lowest BCUT2D eigenvalue weighted by Crippen LogP contribution is -2.09. The van der Waals surface area contributed by atoms with Gasteiger partial charge in [0, 0.05) is 23.4 Å². The fourth-order valence-electron chi connectivity index (χ4n) is 2.55. The number of nitrogens with zero attached hydrogens (tertiary/aromatic N) is 3. The zero-order chi connectivity index (χ0) is 15.2. The van der Waals surface area contributed by atoms with Gasteiger partial charge in [0.25, 0.3) is 0 Å². The normalized spacial score (nSPS) is 12.6. The summed E-state index contributed by atoms with van der Waals surface area (Å²) >= 11 is 0. The molecular formula is C16H24N4O. The second-order valence-electron chi connectivity index (χ2n) is 5.54. The van der Waals surface area contributed by atoms with Gasteiger partial charge in [-0.15, -0.1) is 0 Å². The maximum atomic E-state index is 5.63. The number of rotatable bonds is 7. The van der Waals surface area contributed by atoms with E-state index in [0.717, 1.165) is 49.2 Å². The summed E-state index contributed by atoms with van der Waals surface area (Å²) < 4.78 is 5.36. The van der Waals surface area contributed by atoms with Gasteiger partial charge in [-0.25, -0.2) is 0 Å². The second-order valence-corrected chi connectivity index (χ2v) is 5.54. The molecule has 2 rings (SSSR count). The molecule has 1 unspecified atom stereocenters. The first-order chi connectivity index (χ1) is 10.1. The van der Waals surface area contributed by atoms with Crippen molar-refractivity contribution in [1.29, 1.82) is 0 Å². The molecule has 1 atom stereocenters. The zero-order valence-electron chi connectivity index (χ0n) is 13.1. The van der Waals surface area contributed by atoms with Gasteiger partial charge in [-0.1, -0.05) is 18.5 Å². The van der Waals surface area contributed by atoms with Crippen LogP contribution in [0.5, 0.6) is 0 Å². The van der Waals surface area contributed by atoms with Crippen LogP contribution in [0.15, 0.2) is 16.7 Å². The van der Waals surface area contributed by atoms with Gasteiger partial charge in [-0.05, 0) is 51.3 Å². The Hall–Kier alpha value is -1.75. The quantitative estimate of drug-likeness (QED) is 0.847. The van der Waals surface area contributed by atoms with Gasteiger partial charge in [0.05, 0.1) is 0 Å². The minimum Gasteiger partial charge on any atom is -0.339 e. The Kier molecular flexibility index (Phi) is 5.44. The van der Waals surface area contributed by atoms with Crippen molar-refractivity contribution in [2.24, 2.45) is 11.7 Å². The average Bonchev–Trinajstić information content (AvgIpc) is 2.91. The predicted molar refractivity (Wildman–Crippen MR) is 82.8 cm³/mol. The molecule has 2 aromatic rings. The number of aromatic nitrogens is 3. The summed E-state index contributed by atoms with van der Waals surface area (Å²) in [6.45, 7) is 6.87. The Morgan fingerprint density at radius 3 is 2.48 bits per heavy atom. The molecule has 2 aromatic heterocycles. The van der Waals surface area contributed by atoms with E-state index < -0.39 is 0 Å². The van der Waals surface area contributed by atoms with Crippen molar-refractivity contribution in [3.8, 4) is 11.4 Å². The smallest absolute Gasteiger partial charge is 0.226 e. The van der Waals surface area contributed by atoms with Crippen LogP contribution in [0.4, 0.5) is 0 Å². The first-order valence-electron chi connectivity index (χ1n) is 7.60. The minimum atomic E-state index is 0.635. The fraction of sp³-hybridized carbons (Fsp3) is 0.562. The lowest BCUT2D eigenvalue weighted by Gasteiger charge is -2.11.